The van der Waals surface area contributed by atoms with Crippen molar-refractivity contribution >= 4 is 0 Å². The minimum absolute atomic E-state index is 0.144. The lowest BCUT2D eigenvalue weighted by molar-refractivity contribution is 0.132. The third kappa shape index (κ3) is 1.41. The molecule has 2 N–H and O–H groups in total. The minimum Gasteiger partial charge on any atom is -0.393 e. The minimum atomic E-state index is -0.193. The maximum absolute atomic E-state index is 9.65. The summed E-state index contributed by atoms with van der Waals surface area (Å²) < 4.78 is 0. The first kappa shape index (κ1) is 8.27. The molecule has 2 atom stereocenters. The second kappa shape index (κ2) is 3.19. The summed E-state index contributed by atoms with van der Waals surface area (Å²) in [5.74, 6) is 0. The summed E-state index contributed by atoms with van der Waals surface area (Å²) in [6, 6.07) is 0. The van der Waals surface area contributed by atoms with Crippen LogP contribution in [0.4, 0.5) is 0 Å². The Labute approximate surface area is 72.9 Å². The van der Waals surface area contributed by atoms with E-state index >= 15 is 0 Å². The van der Waals surface area contributed by atoms with Gasteiger partial charge in [0.25, 0.3) is 0 Å². The molecule has 2 heteroatoms. The smallest absolute Gasteiger partial charge is 0.0752 e. The van der Waals surface area contributed by atoms with Crippen LogP contribution in [-0.4, -0.2) is 22.4 Å². The summed E-state index contributed by atoms with van der Waals surface area (Å²) >= 11 is 0. The molecule has 2 unspecified atom stereocenters. The van der Waals surface area contributed by atoms with Gasteiger partial charge in [0, 0.05) is 0 Å². The molecule has 2 rings (SSSR count). The molecule has 0 aromatic heterocycles. The zero-order chi connectivity index (χ0) is 8.55. The van der Waals surface area contributed by atoms with Gasteiger partial charge in [-0.3, -0.25) is 0 Å². The van der Waals surface area contributed by atoms with Crippen molar-refractivity contribution in [1.29, 1.82) is 0 Å². The van der Waals surface area contributed by atoms with Crippen LogP contribution in [0, 0.1) is 0 Å². The standard InChI is InChI=1S/C10H16O2/c11-8-4-5-9-7(6-8)2-1-3-10(9)12/h8,10-12H,1-6H2. The number of hydrogen-bond acceptors (Lipinski definition) is 2. The van der Waals surface area contributed by atoms with Gasteiger partial charge in [-0.25, -0.2) is 0 Å². The van der Waals surface area contributed by atoms with Crippen molar-refractivity contribution in [3.05, 3.63) is 11.1 Å². The van der Waals surface area contributed by atoms with E-state index in [4.69, 9.17) is 0 Å². The molecule has 2 aliphatic carbocycles. The Morgan fingerprint density at radius 3 is 2.75 bits per heavy atom. The summed E-state index contributed by atoms with van der Waals surface area (Å²) in [5.41, 5.74) is 2.58. The monoisotopic (exact) mass is 168 g/mol. The molecule has 0 saturated carbocycles. The Hall–Kier alpha value is -0.340. The van der Waals surface area contributed by atoms with E-state index in [-0.39, 0.29) is 12.2 Å². The van der Waals surface area contributed by atoms with E-state index < -0.39 is 0 Å². The van der Waals surface area contributed by atoms with Crippen LogP contribution in [0.2, 0.25) is 0 Å². The zero-order valence-corrected chi connectivity index (χ0v) is 7.29. The van der Waals surface area contributed by atoms with E-state index in [1.165, 1.54) is 11.1 Å². The summed E-state index contributed by atoms with van der Waals surface area (Å²) in [4.78, 5) is 0. The molecule has 12 heavy (non-hydrogen) atoms. The van der Waals surface area contributed by atoms with Crippen LogP contribution in [0.5, 0.6) is 0 Å². The zero-order valence-electron chi connectivity index (χ0n) is 7.29. The van der Waals surface area contributed by atoms with Crippen molar-refractivity contribution in [3.8, 4) is 0 Å². The Morgan fingerprint density at radius 2 is 1.92 bits per heavy atom. The lowest BCUT2D eigenvalue weighted by Crippen LogP contribution is -2.24. The van der Waals surface area contributed by atoms with Gasteiger partial charge in [0.05, 0.1) is 12.2 Å². The van der Waals surface area contributed by atoms with Gasteiger partial charge in [-0.2, -0.15) is 0 Å². The van der Waals surface area contributed by atoms with Crippen molar-refractivity contribution in [2.75, 3.05) is 0 Å². The van der Waals surface area contributed by atoms with E-state index in [9.17, 15) is 10.2 Å². The third-order valence-electron chi connectivity index (χ3n) is 3.04. The molecule has 0 aromatic rings. The van der Waals surface area contributed by atoms with Crippen LogP contribution >= 0.6 is 0 Å². The van der Waals surface area contributed by atoms with Gasteiger partial charge in [0.1, 0.15) is 0 Å². The number of aliphatic hydroxyl groups excluding tert-OH is 2. The Balaban J connectivity index is 2.18. The predicted molar refractivity (Wildman–Crippen MR) is 46.7 cm³/mol. The maximum Gasteiger partial charge on any atom is 0.0752 e. The summed E-state index contributed by atoms with van der Waals surface area (Å²) in [6.07, 6.45) is 5.35. The number of rotatable bonds is 0. The van der Waals surface area contributed by atoms with Crippen LogP contribution in [0.15, 0.2) is 11.1 Å². The fraction of sp³-hybridized carbons (Fsp3) is 0.800. The van der Waals surface area contributed by atoms with Crippen LogP contribution in [0.25, 0.3) is 0 Å². The molecule has 68 valence electrons. The van der Waals surface area contributed by atoms with Gasteiger partial charge >= 0.3 is 0 Å². The van der Waals surface area contributed by atoms with Gasteiger partial charge in [0.15, 0.2) is 0 Å². The Morgan fingerprint density at radius 1 is 1.08 bits per heavy atom. The van der Waals surface area contributed by atoms with Crippen LogP contribution < -0.4 is 0 Å². The van der Waals surface area contributed by atoms with Gasteiger partial charge < -0.3 is 10.2 Å². The molecule has 2 aliphatic rings. The molecule has 2 nitrogen and oxygen atoms in total. The molecule has 0 fully saturated rings. The lowest BCUT2D eigenvalue weighted by atomic mass is 9.79. The van der Waals surface area contributed by atoms with Gasteiger partial charge in [-0.15, -0.1) is 0 Å². The molecule has 0 amide bonds. The molecule has 0 aromatic carbocycles. The fourth-order valence-corrected chi connectivity index (χ4v) is 2.36. The molecular weight excluding hydrogens is 152 g/mol. The molecule has 0 heterocycles. The summed E-state index contributed by atoms with van der Waals surface area (Å²) in [6.45, 7) is 0. The van der Waals surface area contributed by atoms with E-state index in [0.717, 1.165) is 38.5 Å². The van der Waals surface area contributed by atoms with Crippen LogP contribution in [0.3, 0.4) is 0 Å². The summed E-state index contributed by atoms with van der Waals surface area (Å²) in [7, 11) is 0. The average Bonchev–Trinajstić information content (AvgIpc) is 2.04. The van der Waals surface area contributed by atoms with Crippen molar-refractivity contribution in [2.24, 2.45) is 0 Å². The predicted octanol–water partition coefficient (Wildman–Crippen LogP) is 1.37. The highest BCUT2D eigenvalue weighted by atomic mass is 16.3. The molecule has 0 saturated heterocycles. The second-order valence-electron chi connectivity index (χ2n) is 3.93. The molecule has 0 aliphatic heterocycles. The number of aliphatic hydroxyl groups is 2. The van der Waals surface area contributed by atoms with E-state index in [1.54, 1.807) is 0 Å². The first-order chi connectivity index (χ1) is 5.77. The molecular formula is C10H16O2. The fourth-order valence-electron chi connectivity index (χ4n) is 2.36. The Bertz CT molecular complexity index is 208. The highest BCUT2D eigenvalue weighted by Crippen LogP contribution is 2.35. The SMILES string of the molecule is OC1CCC2=C(CCCC2O)C1. The van der Waals surface area contributed by atoms with Crippen LogP contribution in [-0.2, 0) is 0 Å². The van der Waals surface area contributed by atoms with Gasteiger partial charge in [-0.05, 0) is 44.1 Å². The first-order valence-electron chi connectivity index (χ1n) is 4.84. The largest absolute Gasteiger partial charge is 0.393 e. The van der Waals surface area contributed by atoms with Crippen molar-refractivity contribution in [2.45, 2.75) is 50.7 Å². The van der Waals surface area contributed by atoms with Crippen LogP contribution in [0.1, 0.15) is 38.5 Å². The maximum atomic E-state index is 9.65. The Kier molecular flexibility index (Phi) is 2.20. The van der Waals surface area contributed by atoms with Crippen molar-refractivity contribution in [3.63, 3.8) is 0 Å². The van der Waals surface area contributed by atoms with Gasteiger partial charge in [-0.1, -0.05) is 5.57 Å². The third-order valence-corrected chi connectivity index (χ3v) is 3.04. The van der Waals surface area contributed by atoms with Gasteiger partial charge in [0.2, 0.25) is 0 Å². The molecule has 0 radical (unpaired) electrons. The number of hydrogen-bond donors (Lipinski definition) is 2. The van der Waals surface area contributed by atoms with E-state index in [0.29, 0.717) is 0 Å². The summed E-state index contributed by atoms with van der Waals surface area (Å²) in [5, 5.41) is 19.1. The quantitative estimate of drug-likeness (QED) is 0.536. The van der Waals surface area contributed by atoms with Crippen molar-refractivity contribution in [1.82, 2.24) is 0 Å². The average molecular weight is 168 g/mol. The highest BCUT2D eigenvalue weighted by Gasteiger charge is 2.26. The lowest BCUT2D eigenvalue weighted by Gasteiger charge is -2.31. The molecule has 0 spiro atoms. The van der Waals surface area contributed by atoms with E-state index in [2.05, 4.69) is 0 Å². The second-order valence-corrected chi connectivity index (χ2v) is 3.93. The molecule has 0 bridgehead atoms. The van der Waals surface area contributed by atoms with E-state index in [1.807, 2.05) is 0 Å². The first-order valence-corrected chi connectivity index (χ1v) is 4.84. The van der Waals surface area contributed by atoms with Crippen molar-refractivity contribution < 1.29 is 10.2 Å². The topological polar surface area (TPSA) is 40.5 Å². The highest BCUT2D eigenvalue weighted by molar-refractivity contribution is 5.24. The normalized spacial score (nSPS) is 36.5.